The van der Waals surface area contributed by atoms with E-state index in [0.717, 1.165) is 12.3 Å². The smallest absolute Gasteiger partial charge is 0.387 e. The van der Waals surface area contributed by atoms with Crippen LogP contribution in [0, 0.1) is 5.82 Å². The standard InChI is InChI=1S/C9H8F3N3O2/c10-7-5(4-14-15-9(13)16)2-1-3-6(7)17-8(11)12/h1-4,8H,(H3,13,15,16). The third-order valence-electron chi connectivity index (χ3n) is 1.59. The van der Waals surface area contributed by atoms with Gasteiger partial charge in [-0.2, -0.15) is 13.9 Å². The van der Waals surface area contributed by atoms with Gasteiger partial charge in [-0.25, -0.2) is 14.6 Å². The molecule has 0 bridgehead atoms. The van der Waals surface area contributed by atoms with E-state index in [1.54, 1.807) is 0 Å². The van der Waals surface area contributed by atoms with Crippen LogP contribution in [-0.4, -0.2) is 18.9 Å². The molecule has 8 heteroatoms. The Balaban J connectivity index is 2.86. The summed E-state index contributed by atoms with van der Waals surface area (Å²) in [7, 11) is 0. The molecule has 0 saturated carbocycles. The molecule has 0 atom stereocenters. The number of alkyl halides is 2. The van der Waals surface area contributed by atoms with Gasteiger partial charge in [-0.05, 0) is 6.07 Å². The summed E-state index contributed by atoms with van der Waals surface area (Å²) < 4.78 is 41.2. The fourth-order valence-corrected chi connectivity index (χ4v) is 0.980. The number of benzene rings is 1. The number of primary amides is 1. The Labute approximate surface area is 94.1 Å². The van der Waals surface area contributed by atoms with Crippen LogP contribution in [0.2, 0.25) is 0 Å². The molecule has 17 heavy (non-hydrogen) atoms. The van der Waals surface area contributed by atoms with Gasteiger partial charge in [-0.3, -0.25) is 0 Å². The maximum atomic E-state index is 13.5. The molecule has 92 valence electrons. The second-order valence-electron chi connectivity index (χ2n) is 2.77. The van der Waals surface area contributed by atoms with Crippen molar-refractivity contribution in [3.8, 4) is 5.75 Å². The molecule has 0 aliphatic heterocycles. The minimum Gasteiger partial charge on any atom is -0.432 e. The van der Waals surface area contributed by atoms with E-state index in [9.17, 15) is 18.0 Å². The molecule has 0 radical (unpaired) electrons. The number of carbonyl (C=O) groups is 1. The second kappa shape index (κ2) is 5.73. The molecular formula is C9H8F3N3O2. The van der Waals surface area contributed by atoms with Crippen molar-refractivity contribution in [2.24, 2.45) is 10.8 Å². The zero-order valence-corrected chi connectivity index (χ0v) is 8.36. The minimum absolute atomic E-state index is 0.128. The predicted octanol–water partition coefficient (Wildman–Crippen LogP) is 1.43. The van der Waals surface area contributed by atoms with Crippen molar-refractivity contribution in [3.63, 3.8) is 0 Å². The Morgan fingerprint density at radius 1 is 1.53 bits per heavy atom. The number of carbonyl (C=O) groups excluding carboxylic acids is 1. The maximum Gasteiger partial charge on any atom is 0.387 e. The minimum atomic E-state index is -3.12. The van der Waals surface area contributed by atoms with Crippen LogP contribution in [0.4, 0.5) is 18.0 Å². The van der Waals surface area contributed by atoms with E-state index in [4.69, 9.17) is 5.73 Å². The normalized spacial score (nSPS) is 10.8. The van der Waals surface area contributed by atoms with Gasteiger partial charge in [-0.15, -0.1) is 0 Å². The fourth-order valence-electron chi connectivity index (χ4n) is 0.980. The molecule has 0 heterocycles. The highest BCUT2D eigenvalue weighted by atomic mass is 19.3. The van der Waals surface area contributed by atoms with Gasteiger partial charge in [0.05, 0.1) is 6.21 Å². The molecule has 5 nitrogen and oxygen atoms in total. The van der Waals surface area contributed by atoms with E-state index in [1.807, 2.05) is 5.43 Å². The van der Waals surface area contributed by atoms with Crippen molar-refractivity contribution in [1.29, 1.82) is 0 Å². The average molecular weight is 247 g/mol. The molecule has 0 fully saturated rings. The van der Waals surface area contributed by atoms with E-state index in [0.29, 0.717) is 0 Å². The number of ether oxygens (including phenoxy) is 1. The molecule has 0 aliphatic carbocycles. The van der Waals surface area contributed by atoms with Gasteiger partial charge in [0.2, 0.25) is 0 Å². The molecule has 0 unspecified atom stereocenters. The first-order valence-electron chi connectivity index (χ1n) is 4.32. The summed E-state index contributed by atoms with van der Waals surface area (Å²) in [5.74, 6) is -1.62. The topological polar surface area (TPSA) is 76.7 Å². The molecule has 2 amide bonds. The molecule has 0 spiro atoms. The highest BCUT2D eigenvalue weighted by molar-refractivity contribution is 5.82. The first-order valence-corrected chi connectivity index (χ1v) is 4.32. The van der Waals surface area contributed by atoms with Gasteiger partial charge >= 0.3 is 12.6 Å². The molecule has 1 aromatic carbocycles. The van der Waals surface area contributed by atoms with Crippen molar-refractivity contribution in [2.75, 3.05) is 0 Å². The SMILES string of the molecule is NC(=O)NN=Cc1cccc(OC(F)F)c1F. The summed E-state index contributed by atoms with van der Waals surface area (Å²) in [4.78, 5) is 10.3. The van der Waals surface area contributed by atoms with Gasteiger partial charge < -0.3 is 10.5 Å². The monoisotopic (exact) mass is 247 g/mol. The van der Waals surface area contributed by atoms with E-state index in [2.05, 4.69) is 9.84 Å². The van der Waals surface area contributed by atoms with Crippen LogP contribution in [0.25, 0.3) is 0 Å². The summed E-state index contributed by atoms with van der Waals surface area (Å²) in [6, 6.07) is 2.67. The van der Waals surface area contributed by atoms with Crippen molar-refractivity contribution in [2.45, 2.75) is 6.61 Å². The van der Waals surface area contributed by atoms with Crippen LogP contribution in [0.3, 0.4) is 0 Å². The first kappa shape index (κ1) is 12.8. The number of rotatable bonds is 4. The zero-order valence-electron chi connectivity index (χ0n) is 8.36. The zero-order chi connectivity index (χ0) is 12.8. The number of hydrogen-bond donors (Lipinski definition) is 2. The summed E-state index contributed by atoms with van der Waals surface area (Å²) in [5, 5.41) is 3.29. The number of halogens is 3. The molecule has 0 aromatic heterocycles. The van der Waals surface area contributed by atoms with Gasteiger partial charge in [0.1, 0.15) is 0 Å². The van der Waals surface area contributed by atoms with Crippen LogP contribution in [0.5, 0.6) is 5.75 Å². The lowest BCUT2D eigenvalue weighted by Gasteiger charge is -2.06. The number of nitrogens with one attached hydrogen (secondary N) is 1. The van der Waals surface area contributed by atoms with Crippen molar-refractivity contribution in [1.82, 2.24) is 5.43 Å². The van der Waals surface area contributed by atoms with Crippen LogP contribution in [0.1, 0.15) is 5.56 Å². The maximum absolute atomic E-state index is 13.5. The summed E-state index contributed by atoms with van der Waals surface area (Å²) in [6.07, 6.45) is 0.915. The molecule has 0 aliphatic rings. The van der Waals surface area contributed by atoms with Crippen molar-refractivity contribution < 1.29 is 22.7 Å². The Morgan fingerprint density at radius 3 is 2.82 bits per heavy atom. The first-order chi connectivity index (χ1) is 8.00. The van der Waals surface area contributed by atoms with Crippen LogP contribution in [-0.2, 0) is 0 Å². The number of urea groups is 1. The average Bonchev–Trinajstić information content (AvgIpc) is 2.22. The van der Waals surface area contributed by atoms with Crippen molar-refractivity contribution in [3.05, 3.63) is 29.6 Å². The van der Waals surface area contributed by atoms with E-state index in [1.165, 1.54) is 12.1 Å². The van der Waals surface area contributed by atoms with Crippen LogP contribution in [0.15, 0.2) is 23.3 Å². The second-order valence-corrected chi connectivity index (χ2v) is 2.77. The predicted molar refractivity (Wildman–Crippen MR) is 53.3 cm³/mol. The Kier molecular flexibility index (Phi) is 4.32. The number of hydrogen-bond acceptors (Lipinski definition) is 3. The molecule has 0 saturated heterocycles. The Morgan fingerprint density at radius 2 is 2.24 bits per heavy atom. The lowest BCUT2D eigenvalue weighted by molar-refractivity contribution is -0.0521. The molecule has 1 rings (SSSR count). The van der Waals surface area contributed by atoms with E-state index < -0.39 is 24.2 Å². The molecular weight excluding hydrogens is 239 g/mol. The molecule has 3 N–H and O–H groups in total. The summed E-state index contributed by atoms with van der Waals surface area (Å²) in [6.45, 7) is -3.12. The van der Waals surface area contributed by atoms with Gasteiger partial charge in [0.25, 0.3) is 0 Å². The summed E-state index contributed by atoms with van der Waals surface area (Å²) in [5.41, 5.74) is 6.42. The highest BCUT2D eigenvalue weighted by Gasteiger charge is 2.11. The van der Waals surface area contributed by atoms with E-state index >= 15 is 0 Å². The van der Waals surface area contributed by atoms with Gasteiger partial charge in [0.15, 0.2) is 11.6 Å². The van der Waals surface area contributed by atoms with E-state index in [-0.39, 0.29) is 5.56 Å². The van der Waals surface area contributed by atoms with Gasteiger partial charge in [-0.1, -0.05) is 12.1 Å². The highest BCUT2D eigenvalue weighted by Crippen LogP contribution is 2.21. The van der Waals surface area contributed by atoms with Crippen LogP contribution < -0.4 is 15.9 Å². The largest absolute Gasteiger partial charge is 0.432 e. The lowest BCUT2D eigenvalue weighted by Crippen LogP contribution is -2.24. The fraction of sp³-hybridized carbons (Fsp3) is 0.111. The van der Waals surface area contributed by atoms with Crippen molar-refractivity contribution >= 4 is 12.2 Å². The Bertz CT molecular complexity index is 437. The number of hydrazone groups is 1. The number of amides is 2. The lowest BCUT2D eigenvalue weighted by atomic mass is 10.2. The Hall–Kier alpha value is -2.25. The van der Waals surface area contributed by atoms with Gasteiger partial charge in [0, 0.05) is 5.56 Å². The van der Waals surface area contributed by atoms with Crippen LogP contribution >= 0.6 is 0 Å². The quantitative estimate of drug-likeness (QED) is 0.623. The number of nitrogens with two attached hydrogens (primary N) is 1. The third-order valence-corrected chi connectivity index (χ3v) is 1.59. The third kappa shape index (κ3) is 4.01. The summed E-state index contributed by atoms with van der Waals surface area (Å²) >= 11 is 0. The number of nitrogens with zero attached hydrogens (tertiary/aromatic N) is 1. The molecule has 1 aromatic rings.